The number of hydrogen-bond acceptors (Lipinski definition) is 3. The summed E-state index contributed by atoms with van der Waals surface area (Å²) in [5.74, 6) is -0.00294. The fourth-order valence-electron chi connectivity index (χ4n) is 1.95. The summed E-state index contributed by atoms with van der Waals surface area (Å²) in [7, 11) is 0. The summed E-state index contributed by atoms with van der Waals surface area (Å²) in [5, 5.41) is 6.38. The third kappa shape index (κ3) is 3.77. The third-order valence-corrected chi connectivity index (χ3v) is 5.18. The molecule has 0 aliphatic carbocycles. The molecule has 1 atom stereocenters. The summed E-state index contributed by atoms with van der Waals surface area (Å²) in [5.41, 5.74) is 0.709. The van der Waals surface area contributed by atoms with Crippen LogP contribution in [0.5, 0.6) is 0 Å². The zero-order chi connectivity index (χ0) is 12.3. The number of halogens is 2. The summed E-state index contributed by atoms with van der Waals surface area (Å²) >= 11 is 8.28. The molecule has 1 aliphatic rings. The van der Waals surface area contributed by atoms with Gasteiger partial charge in [-0.2, -0.15) is 0 Å². The molecular formula is C11H14Br2N2OS. The first kappa shape index (κ1) is 13.5. The smallest absolute Gasteiger partial charge is 0.253 e. The molecule has 1 aromatic heterocycles. The standard InChI is InChI=1S/C11H14Br2N2OS/c12-9-6-8(10(13)17-9)11(16)15-5-3-7-2-1-4-14-7/h6-7,14H,1-5H2,(H,15,16)/t7-/m0/s1. The van der Waals surface area contributed by atoms with Crippen LogP contribution < -0.4 is 10.6 Å². The van der Waals surface area contributed by atoms with Gasteiger partial charge in [0.2, 0.25) is 0 Å². The molecule has 2 rings (SSSR count). The van der Waals surface area contributed by atoms with Crippen molar-refractivity contribution in [2.45, 2.75) is 25.3 Å². The molecule has 94 valence electrons. The number of rotatable bonds is 4. The van der Waals surface area contributed by atoms with E-state index >= 15 is 0 Å². The quantitative estimate of drug-likeness (QED) is 0.841. The Morgan fingerprint density at radius 1 is 1.59 bits per heavy atom. The van der Waals surface area contributed by atoms with E-state index in [4.69, 9.17) is 0 Å². The van der Waals surface area contributed by atoms with Gasteiger partial charge in [0.1, 0.15) is 0 Å². The molecule has 0 spiro atoms. The maximum atomic E-state index is 11.9. The topological polar surface area (TPSA) is 41.1 Å². The van der Waals surface area contributed by atoms with Gasteiger partial charge in [0, 0.05) is 12.6 Å². The molecule has 0 saturated carbocycles. The lowest BCUT2D eigenvalue weighted by atomic mass is 10.1. The van der Waals surface area contributed by atoms with E-state index in [0.29, 0.717) is 11.6 Å². The summed E-state index contributed by atoms with van der Waals surface area (Å²) < 4.78 is 1.84. The maximum Gasteiger partial charge on any atom is 0.253 e. The molecular weight excluding hydrogens is 368 g/mol. The third-order valence-electron chi connectivity index (χ3n) is 2.84. The molecule has 1 amide bonds. The van der Waals surface area contributed by atoms with Crippen molar-refractivity contribution in [3.8, 4) is 0 Å². The first-order chi connectivity index (χ1) is 8.16. The van der Waals surface area contributed by atoms with Crippen LogP contribution in [0.15, 0.2) is 13.6 Å². The van der Waals surface area contributed by atoms with Crippen LogP contribution in [-0.4, -0.2) is 25.0 Å². The lowest BCUT2D eigenvalue weighted by molar-refractivity contribution is 0.0952. The molecule has 1 fully saturated rings. The average Bonchev–Trinajstić information content (AvgIpc) is 2.88. The van der Waals surface area contributed by atoms with Gasteiger partial charge in [-0.1, -0.05) is 0 Å². The highest BCUT2D eigenvalue weighted by Gasteiger charge is 2.16. The van der Waals surface area contributed by atoms with E-state index in [1.54, 1.807) is 0 Å². The van der Waals surface area contributed by atoms with Gasteiger partial charge in [0.15, 0.2) is 0 Å². The summed E-state index contributed by atoms with van der Waals surface area (Å²) in [6.07, 6.45) is 3.49. The highest BCUT2D eigenvalue weighted by molar-refractivity contribution is 9.12. The minimum Gasteiger partial charge on any atom is -0.352 e. The maximum absolute atomic E-state index is 11.9. The van der Waals surface area contributed by atoms with E-state index in [1.165, 1.54) is 24.2 Å². The fourth-order valence-corrected chi connectivity index (χ4v) is 4.75. The van der Waals surface area contributed by atoms with Crippen molar-refractivity contribution in [3.05, 3.63) is 19.2 Å². The van der Waals surface area contributed by atoms with Crippen molar-refractivity contribution in [3.63, 3.8) is 0 Å². The minimum atomic E-state index is -0.00294. The van der Waals surface area contributed by atoms with Crippen LogP contribution in [0.25, 0.3) is 0 Å². The number of hydrogen-bond donors (Lipinski definition) is 2. The zero-order valence-electron chi connectivity index (χ0n) is 9.26. The first-order valence-electron chi connectivity index (χ1n) is 5.63. The Balaban J connectivity index is 1.78. The van der Waals surface area contributed by atoms with E-state index < -0.39 is 0 Å². The van der Waals surface area contributed by atoms with Crippen LogP contribution in [0.4, 0.5) is 0 Å². The van der Waals surface area contributed by atoms with Gasteiger partial charge in [0.25, 0.3) is 5.91 Å². The largest absolute Gasteiger partial charge is 0.352 e. The van der Waals surface area contributed by atoms with Gasteiger partial charge < -0.3 is 10.6 Å². The van der Waals surface area contributed by atoms with E-state index in [9.17, 15) is 4.79 Å². The molecule has 2 N–H and O–H groups in total. The average molecular weight is 382 g/mol. The molecule has 2 heterocycles. The van der Waals surface area contributed by atoms with Gasteiger partial charge in [-0.3, -0.25) is 4.79 Å². The SMILES string of the molecule is O=C(NCC[C@@H]1CCCN1)c1cc(Br)sc1Br. The second-order valence-corrected chi connectivity index (χ2v) is 7.83. The molecule has 0 unspecified atom stereocenters. The zero-order valence-corrected chi connectivity index (χ0v) is 13.3. The molecule has 0 aromatic carbocycles. The monoisotopic (exact) mass is 380 g/mol. The van der Waals surface area contributed by atoms with Crippen LogP contribution in [0.3, 0.4) is 0 Å². The molecule has 3 nitrogen and oxygen atoms in total. The number of thiophene rings is 1. The molecule has 1 aliphatic heterocycles. The van der Waals surface area contributed by atoms with Gasteiger partial charge >= 0.3 is 0 Å². The lowest BCUT2D eigenvalue weighted by Crippen LogP contribution is -2.30. The predicted octanol–water partition coefficient (Wildman–Crippen LogP) is 3.15. The Labute approximate surface area is 122 Å². The number of amides is 1. The second-order valence-electron chi connectivity index (χ2n) is 4.08. The fraction of sp³-hybridized carbons (Fsp3) is 0.545. The number of carbonyl (C=O) groups is 1. The second kappa shape index (κ2) is 6.31. The van der Waals surface area contributed by atoms with Crippen LogP contribution in [0.1, 0.15) is 29.6 Å². The Morgan fingerprint density at radius 3 is 3.00 bits per heavy atom. The van der Waals surface area contributed by atoms with E-state index in [2.05, 4.69) is 42.5 Å². The van der Waals surface area contributed by atoms with Crippen LogP contribution in [0, 0.1) is 0 Å². The van der Waals surface area contributed by atoms with Gasteiger partial charge in [0.05, 0.1) is 13.1 Å². The van der Waals surface area contributed by atoms with Gasteiger partial charge in [-0.15, -0.1) is 11.3 Å². The Morgan fingerprint density at radius 2 is 2.41 bits per heavy atom. The summed E-state index contributed by atoms with van der Waals surface area (Å²) in [6.45, 7) is 1.85. The van der Waals surface area contributed by atoms with Crippen LogP contribution in [-0.2, 0) is 0 Å². The van der Waals surface area contributed by atoms with Crippen molar-refractivity contribution < 1.29 is 4.79 Å². The Hall–Kier alpha value is 0.0900. The number of nitrogens with one attached hydrogen (secondary N) is 2. The first-order valence-corrected chi connectivity index (χ1v) is 8.03. The van der Waals surface area contributed by atoms with Gasteiger partial charge in [-0.25, -0.2) is 0 Å². The van der Waals surface area contributed by atoms with Crippen LogP contribution in [0.2, 0.25) is 0 Å². The normalized spacial score (nSPS) is 19.5. The van der Waals surface area contributed by atoms with E-state index in [1.807, 2.05) is 6.07 Å². The van der Waals surface area contributed by atoms with E-state index in [0.717, 1.165) is 27.1 Å². The molecule has 1 aromatic rings. The summed E-state index contributed by atoms with van der Waals surface area (Å²) in [4.78, 5) is 11.9. The highest BCUT2D eigenvalue weighted by Crippen LogP contribution is 2.31. The molecule has 0 bridgehead atoms. The van der Waals surface area contributed by atoms with E-state index in [-0.39, 0.29) is 5.91 Å². The van der Waals surface area contributed by atoms with Crippen molar-refractivity contribution in [2.75, 3.05) is 13.1 Å². The van der Waals surface area contributed by atoms with Crippen LogP contribution >= 0.6 is 43.2 Å². The van der Waals surface area contributed by atoms with Crippen molar-refractivity contribution >= 4 is 49.1 Å². The van der Waals surface area contributed by atoms with Crippen molar-refractivity contribution in [2.24, 2.45) is 0 Å². The molecule has 1 saturated heterocycles. The van der Waals surface area contributed by atoms with Crippen molar-refractivity contribution in [1.82, 2.24) is 10.6 Å². The Kier molecular flexibility index (Phi) is 5.02. The summed E-state index contributed by atoms with van der Waals surface area (Å²) in [6, 6.07) is 2.42. The highest BCUT2D eigenvalue weighted by atomic mass is 79.9. The molecule has 0 radical (unpaired) electrons. The van der Waals surface area contributed by atoms with Crippen molar-refractivity contribution in [1.29, 1.82) is 0 Å². The Bertz CT molecular complexity index is 402. The lowest BCUT2D eigenvalue weighted by Gasteiger charge is -2.10. The number of carbonyl (C=O) groups excluding carboxylic acids is 1. The minimum absolute atomic E-state index is 0.00294. The molecule has 17 heavy (non-hydrogen) atoms. The molecule has 6 heteroatoms. The predicted molar refractivity (Wildman–Crippen MR) is 77.7 cm³/mol. The van der Waals surface area contributed by atoms with Gasteiger partial charge in [-0.05, 0) is 63.7 Å².